The van der Waals surface area contributed by atoms with Gasteiger partial charge in [-0.3, -0.25) is 9.59 Å². The fourth-order valence-corrected chi connectivity index (χ4v) is 1.25. The highest BCUT2D eigenvalue weighted by atomic mass is 16.2. The van der Waals surface area contributed by atoms with Gasteiger partial charge in [0, 0.05) is 12.1 Å². The quantitative estimate of drug-likeness (QED) is 0.636. The molecule has 0 bridgehead atoms. The molecule has 0 aliphatic rings. The molecule has 0 aromatic carbocycles. The van der Waals surface area contributed by atoms with Crippen molar-refractivity contribution in [1.29, 1.82) is 0 Å². The summed E-state index contributed by atoms with van der Waals surface area (Å²) >= 11 is 0. The van der Waals surface area contributed by atoms with Crippen molar-refractivity contribution in [2.24, 2.45) is 0 Å². The molecule has 0 radical (unpaired) electrons. The van der Waals surface area contributed by atoms with Crippen LogP contribution in [0.4, 0.5) is 0 Å². The summed E-state index contributed by atoms with van der Waals surface area (Å²) in [5.74, 6) is -0.408. The fraction of sp³-hybridized carbons (Fsp3) is 0.455. The smallest absolute Gasteiger partial charge is 0.243 e. The summed E-state index contributed by atoms with van der Waals surface area (Å²) in [6, 6.07) is -0.00812. The summed E-state index contributed by atoms with van der Waals surface area (Å²) < 4.78 is 0. The van der Waals surface area contributed by atoms with Gasteiger partial charge in [0.25, 0.3) is 0 Å². The molecule has 0 aromatic heterocycles. The number of hydrogen-bond donors (Lipinski definition) is 2. The third-order valence-electron chi connectivity index (χ3n) is 1.86. The predicted molar refractivity (Wildman–Crippen MR) is 60.2 cm³/mol. The molecule has 84 valence electrons. The maximum atomic E-state index is 10.9. The van der Waals surface area contributed by atoms with Crippen molar-refractivity contribution in [3.05, 3.63) is 25.3 Å². The molecule has 0 fully saturated rings. The van der Waals surface area contributed by atoms with Crippen molar-refractivity contribution < 1.29 is 9.59 Å². The number of carbonyl (C=O) groups excluding carboxylic acids is 2. The van der Waals surface area contributed by atoms with Crippen molar-refractivity contribution in [2.45, 2.75) is 32.4 Å². The van der Waals surface area contributed by atoms with E-state index in [9.17, 15) is 9.59 Å². The van der Waals surface area contributed by atoms with E-state index in [1.807, 2.05) is 13.8 Å². The Morgan fingerprint density at radius 3 is 1.67 bits per heavy atom. The summed E-state index contributed by atoms with van der Waals surface area (Å²) in [5.41, 5.74) is 0. The van der Waals surface area contributed by atoms with E-state index < -0.39 is 0 Å². The standard InChI is InChI=1S/C11H18N2O2/c1-5-10(14)12-8(3)7-9(4)13-11(15)6-2/h5-6,8-9H,1-2,7H2,3-4H3,(H,12,14)(H,13,15). The van der Waals surface area contributed by atoms with E-state index >= 15 is 0 Å². The van der Waals surface area contributed by atoms with Crippen LogP contribution in [0.3, 0.4) is 0 Å². The molecule has 0 saturated heterocycles. The minimum absolute atomic E-state index is 0.00406. The Bertz CT molecular complexity index is 235. The maximum absolute atomic E-state index is 10.9. The Balaban J connectivity index is 3.89. The summed E-state index contributed by atoms with van der Waals surface area (Å²) in [4.78, 5) is 21.9. The van der Waals surface area contributed by atoms with Crippen molar-refractivity contribution in [3.8, 4) is 0 Å². The van der Waals surface area contributed by atoms with E-state index in [1.54, 1.807) is 0 Å². The van der Waals surface area contributed by atoms with E-state index in [0.29, 0.717) is 6.42 Å². The number of rotatable bonds is 6. The van der Waals surface area contributed by atoms with E-state index in [-0.39, 0.29) is 23.9 Å². The third kappa shape index (κ3) is 6.49. The second kappa shape index (κ2) is 6.81. The van der Waals surface area contributed by atoms with Gasteiger partial charge < -0.3 is 10.6 Å². The number of hydrogen-bond acceptors (Lipinski definition) is 2. The van der Waals surface area contributed by atoms with Gasteiger partial charge in [0.15, 0.2) is 0 Å². The molecular formula is C11H18N2O2. The topological polar surface area (TPSA) is 58.2 Å². The SMILES string of the molecule is C=CC(=O)NC(C)CC(C)NC(=O)C=C. The summed E-state index contributed by atoms with van der Waals surface area (Å²) in [7, 11) is 0. The molecule has 2 unspecified atom stereocenters. The van der Waals surface area contributed by atoms with Crippen LogP contribution in [0.25, 0.3) is 0 Å². The molecule has 4 heteroatoms. The number of amides is 2. The normalized spacial score (nSPS) is 13.5. The molecule has 0 rings (SSSR count). The van der Waals surface area contributed by atoms with E-state index in [0.717, 1.165) is 0 Å². The summed E-state index contributed by atoms with van der Waals surface area (Å²) in [6.07, 6.45) is 3.12. The molecule has 2 N–H and O–H groups in total. The van der Waals surface area contributed by atoms with Crippen molar-refractivity contribution in [2.75, 3.05) is 0 Å². The van der Waals surface area contributed by atoms with Crippen LogP contribution >= 0.6 is 0 Å². The molecule has 4 nitrogen and oxygen atoms in total. The van der Waals surface area contributed by atoms with Gasteiger partial charge in [-0.05, 0) is 32.4 Å². The monoisotopic (exact) mass is 210 g/mol. The lowest BCUT2D eigenvalue weighted by atomic mass is 10.1. The zero-order valence-electron chi connectivity index (χ0n) is 9.25. The van der Waals surface area contributed by atoms with Crippen LogP contribution in [-0.4, -0.2) is 23.9 Å². The summed E-state index contributed by atoms with van der Waals surface area (Å²) in [5, 5.41) is 5.44. The molecule has 15 heavy (non-hydrogen) atoms. The highest BCUT2D eigenvalue weighted by Crippen LogP contribution is 1.97. The second-order valence-electron chi connectivity index (χ2n) is 3.46. The van der Waals surface area contributed by atoms with Crippen LogP contribution in [0.1, 0.15) is 20.3 Å². The molecule has 0 aromatic rings. The van der Waals surface area contributed by atoms with Crippen molar-refractivity contribution in [3.63, 3.8) is 0 Å². The van der Waals surface area contributed by atoms with Crippen LogP contribution in [0, 0.1) is 0 Å². The summed E-state index contributed by atoms with van der Waals surface area (Å²) in [6.45, 7) is 10.5. The first-order valence-electron chi connectivity index (χ1n) is 4.85. The molecule has 0 heterocycles. The van der Waals surface area contributed by atoms with Gasteiger partial charge in [0.05, 0.1) is 0 Å². The minimum Gasteiger partial charge on any atom is -0.350 e. The van der Waals surface area contributed by atoms with Gasteiger partial charge in [-0.2, -0.15) is 0 Å². The van der Waals surface area contributed by atoms with Crippen LogP contribution in [0.5, 0.6) is 0 Å². The molecule has 2 amide bonds. The Kier molecular flexibility index (Phi) is 6.09. The van der Waals surface area contributed by atoms with Crippen LogP contribution in [-0.2, 0) is 9.59 Å². The second-order valence-corrected chi connectivity index (χ2v) is 3.46. The van der Waals surface area contributed by atoms with Crippen molar-refractivity contribution >= 4 is 11.8 Å². The van der Waals surface area contributed by atoms with Gasteiger partial charge in [-0.1, -0.05) is 13.2 Å². The number of nitrogens with one attached hydrogen (secondary N) is 2. The third-order valence-corrected chi connectivity index (χ3v) is 1.86. The lowest BCUT2D eigenvalue weighted by molar-refractivity contribution is -0.117. The maximum Gasteiger partial charge on any atom is 0.243 e. The Morgan fingerprint density at radius 2 is 1.40 bits per heavy atom. The zero-order chi connectivity index (χ0) is 11.8. The average Bonchev–Trinajstić information content (AvgIpc) is 2.16. The molecule has 0 spiro atoms. The van der Waals surface area contributed by atoms with Crippen LogP contribution in [0.2, 0.25) is 0 Å². The molecular weight excluding hydrogens is 192 g/mol. The molecule has 0 aliphatic carbocycles. The first kappa shape index (κ1) is 13.4. The highest BCUT2D eigenvalue weighted by Gasteiger charge is 2.10. The van der Waals surface area contributed by atoms with Crippen molar-refractivity contribution in [1.82, 2.24) is 10.6 Å². The van der Waals surface area contributed by atoms with Gasteiger partial charge in [-0.15, -0.1) is 0 Å². The Hall–Kier alpha value is -1.58. The van der Waals surface area contributed by atoms with Crippen LogP contribution in [0.15, 0.2) is 25.3 Å². The first-order valence-corrected chi connectivity index (χ1v) is 4.85. The van der Waals surface area contributed by atoms with E-state index in [1.165, 1.54) is 12.2 Å². The van der Waals surface area contributed by atoms with Gasteiger partial charge in [0.2, 0.25) is 11.8 Å². The average molecular weight is 210 g/mol. The lowest BCUT2D eigenvalue weighted by Crippen LogP contribution is -2.39. The molecule has 0 aliphatic heterocycles. The Labute approximate surface area is 90.4 Å². The Morgan fingerprint density at radius 1 is 1.07 bits per heavy atom. The van der Waals surface area contributed by atoms with Crippen LogP contribution < -0.4 is 10.6 Å². The molecule has 2 atom stereocenters. The van der Waals surface area contributed by atoms with E-state index in [2.05, 4.69) is 23.8 Å². The largest absolute Gasteiger partial charge is 0.350 e. The predicted octanol–water partition coefficient (Wildman–Crippen LogP) is 0.758. The zero-order valence-corrected chi connectivity index (χ0v) is 9.25. The molecule has 0 saturated carbocycles. The fourth-order valence-electron chi connectivity index (χ4n) is 1.25. The van der Waals surface area contributed by atoms with Gasteiger partial charge in [-0.25, -0.2) is 0 Å². The van der Waals surface area contributed by atoms with Gasteiger partial charge in [0.1, 0.15) is 0 Å². The van der Waals surface area contributed by atoms with E-state index in [4.69, 9.17) is 0 Å². The number of carbonyl (C=O) groups is 2. The first-order chi connectivity index (χ1) is 6.99. The van der Waals surface area contributed by atoms with Gasteiger partial charge >= 0.3 is 0 Å². The lowest BCUT2D eigenvalue weighted by Gasteiger charge is -2.18. The highest BCUT2D eigenvalue weighted by molar-refractivity contribution is 5.87. The minimum atomic E-state index is -0.204.